The molecular weight excluding hydrogens is 145 g/mol. The number of nitrogens with two attached hydrogens (primary N) is 3. The van der Waals surface area contributed by atoms with Gasteiger partial charge in [0.1, 0.15) is 0 Å². The molecule has 0 unspecified atom stereocenters. The second kappa shape index (κ2) is 5.03. The van der Waals surface area contributed by atoms with Crippen molar-refractivity contribution in [2.24, 2.45) is 16.5 Å². The topological polar surface area (TPSA) is 78.1 Å². The molecule has 0 aromatic heterocycles. The Balaban J connectivity index is 3.04. The van der Waals surface area contributed by atoms with Crippen LogP contribution in [-0.2, 0) is 0 Å². The van der Waals surface area contributed by atoms with Gasteiger partial charge in [0.15, 0.2) is 0 Å². The average Bonchev–Trinajstić information content (AvgIpc) is 1.78. The van der Waals surface area contributed by atoms with E-state index in [1.54, 1.807) is 0 Å². The van der Waals surface area contributed by atoms with Crippen molar-refractivity contribution in [3.63, 3.8) is 0 Å². The molecule has 0 atom stereocenters. The predicted octanol–water partition coefficient (Wildman–Crippen LogP) is 0.938. The van der Waals surface area contributed by atoms with Crippen molar-refractivity contribution in [2.45, 2.75) is 32.6 Å². The second-order valence-electron chi connectivity index (χ2n) is 2.92. The SMILES string of the molecule is CCCCCC[PH](N)(N)N. The average molecular weight is 165 g/mol. The summed E-state index contributed by atoms with van der Waals surface area (Å²) in [6, 6.07) is 0. The summed E-state index contributed by atoms with van der Waals surface area (Å²) >= 11 is 0. The summed E-state index contributed by atoms with van der Waals surface area (Å²) in [5.41, 5.74) is 16.5. The first-order chi connectivity index (χ1) is 4.56. The van der Waals surface area contributed by atoms with Gasteiger partial charge in [0.2, 0.25) is 0 Å². The summed E-state index contributed by atoms with van der Waals surface area (Å²) in [7, 11) is -2.21. The van der Waals surface area contributed by atoms with Crippen LogP contribution in [0, 0.1) is 0 Å². The van der Waals surface area contributed by atoms with E-state index in [4.69, 9.17) is 16.5 Å². The zero-order chi connectivity index (χ0) is 8.04. The van der Waals surface area contributed by atoms with Crippen molar-refractivity contribution in [1.29, 1.82) is 0 Å². The number of unbranched alkanes of at least 4 members (excludes halogenated alkanes) is 3. The summed E-state index contributed by atoms with van der Waals surface area (Å²) < 4.78 is 0. The van der Waals surface area contributed by atoms with Crippen LogP contribution in [0.1, 0.15) is 32.6 Å². The molecule has 0 amide bonds. The Kier molecular flexibility index (Phi) is 5.18. The first kappa shape index (κ1) is 10.3. The summed E-state index contributed by atoms with van der Waals surface area (Å²) in [6.07, 6.45) is 5.69. The van der Waals surface area contributed by atoms with Crippen LogP contribution < -0.4 is 16.5 Å². The molecule has 0 aromatic carbocycles. The first-order valence-corrected chi connectivity index (χ1v) is 6.37. The third-order valence-electron chi connectivity index (χ3n) is 1.46. The second-order valence-corrected chi connectivity index (χ2v) is 5.65. The van der Waals surface area contributed by atoms with Crippen molar-refractivity contribution in [3.05, 3.63) is 0 Å². The Bertz CT molecular complexity index is 79.6. The van der Waals surface area contributed by atoms with E-state index in [1.807, 2.05) is 0 Å². The molecular formula is C6H20N3P. The molecule has 6 N–H and O–H groups in total. The quantitative estimate of drug-likeness (QED) is 0.419. The van der Waals surface area contributed by atoms with Crippen LogP contribution in [0.5, 0.6) is 0 Å². The van der Waals surface area contributed by atoms with E-state index in [0.29, 0.717) is 0 Å². The van der Waals surface area contributed by atoms with E-state index in [-0.39, 0.29) is 0 Å². The molecule has 0 bridgehead atoms. The van der Waals surface area contributed by atoms with Crippen molar-refractivity contribution >= 4 is 7.71 Å². The van der Waals surface area contributed by atoms with E-state index in [2.05, 4.69) is 6.92 Å². The van der Waals surface area contributed by atoms with Crippen LogP contribution >= 0.6 is 7.71 Å². The molecule has 0 saturated heterocycles. The Morgan fingerprint density at radius 3 is 2.00 bits per heavy atom. The molecule has 0 aromatic rings. The number of hydrogen-bond donors (Lipinski definition) is 3. The van der Waals surface area contributed by atoms with Crippen LogP contribution in [0.25, 0.3) is 0 Å². The van der Waals surface area contributed by atoms with Gasteiger partial charge in [-0.1, -0.05) is 0 Å². The fourth-order valence-electron chi connectivity index (χ4n) is 0.858. The van der Waals surface area contributed by atoms with E-state index in [1.165, 1.54) is 19.3 Å². The van der Waals surface area contributed by atoms with Crippen molar-refractivity contribution in [1.82, 2.24) is 0 Å². The van der Waals surface area contributed by atoms with Gasteiger partial charge in [0.25, 0.3) is 0 Å². The Labute approximate surface area is 63.8 Å². The molecule has 0 fully saturated rings. The van der Waals surface area contributed by atoms with Crippen LogP contribution in [0.3, 0.4) is 0 Å². The number of hydrogen-bond acceptors (Lipinski definition) is 3. The molecule has 0 spiro atoms. The van der Waals surface area contributed by atoms with Crippen LogP contribution in [0.2, 0.25) is 0 Å². The van der Waals surface area contributed by atoms with Crippen molar-refractivity contribution in [2.75, 3.05) is 6.16 Å². The molecule has 0 heterocycles. The van der Waals surface area contributed by atoms with Gasteiger partial charge in [0, 0.05) is 0 Å². The number of rotatable bonds is 5. The fraction of sp³-hybridized carbons (Fsp3) is 1.00. The van der Waals surface area contributed by atoms with Gasteiger partial charge in [-0.25, -0.2) is 0 Å². The molecule has 0 saturated carbocycles. The molecule has 0 rings (SSSR count). The molecule has 0 aliphatic carbocycles. The van der Waals surface area contributed by atoms with E-state index in [9.17, 15) is 0 Å². The minimum absolute atomic E-state index is 0.854. The third-order valence-corrected chi connectivity index (χ3v) is 2.68. The normalized spacial score (nSPS) is 13.6. The molecule has 4 heteroatoms. The Morgan fingerprint density at radius 2 is 1.60 bits per heavy atom. The maximum atomic E-state index is 5.51. The van der Waals surface area contributed by atoms with Gasteiger partial charge < -0.3 is 0 Å². The van der Waals surface area contributed by atoms with Crippen LogP contribution in [0.15, 0.2) is 0 Å². The van der Waals surface area contributed by atoms with Gasteiger partial charge in [-0.05, 0) is 0 Å². The van der Waals surface area contributed by atoms with Gasteiger partial charge in [-0.15, -0.1) is 0 Å². The zero-order valence-corrected chi connectivity index (χ0v) is 7.77. The minimum atomic E-state index is -2.21. The molecule has 0 aliphatic heterocycles. The van der Waals surface area contributed by atoms with E-state index < -0.39 is 7.71 Å². The molecule has 3 nitrogen and oxygen atoms in total. The van der Waals surface area contributed by atoms with Crippen LogP contribution in [-0.4, -0.2) is 6.16 Å². The maximum absolute atomic E-state index is 5.51. The van der Waals surface area contributed by atoms with Crippen LogP contribution in [0.4, 0.5) is 0 Å². The third kappa shape index (κ3) is 8.31. The first-order valence-electron chi connectivity index (χ1n) is 3.93. The van der Waals surface area contributed by atoms with E-state index in [0.717, 1.165) is 12.6 Å². The molecule has 0 radical (unpaired) electrons. The van der Waals surface area contributed by atoms with Gasteiger partial charge in [-0.2, -0.15) is 0 Å². The van der Waals surface area contributed by atoms with Crippen molar-refractivity contribution < 1.29 is 0 Å². The van der Waals surface area contributed by atoms with Gasteiger partial charge >= 0.3 is 63.0 Å². The fourth-order valence-corrected chi connectivity index (χ4v) is 1.72. The molecule has 0 aliphatic rings. The Morgan fingerprint density at radius 1 is 1.00 bits per heavy atom. The standard InChI is InChI=1S/C6H20N3P/c1-2-3-4-5-6-10(7,8)9/h10H,2-9H2,1H3. The molecule has 64 valence electrons. The Hall–Kier alpha value is 0.310. The van der Waals surface area contributed by atoms with Gasteiger partial charge in [-0.3, -0.25) is 0 Å². The monoisotopic (exact) mass is 165 g/mol. The summed E-state index contributed by atoms with van der Waals surface area (Å²) in [6.45, 7) is 2.18. The van der Waals surface area contributed by atoms with Crippen molar-refractivity contribution in [3.8, 4) is 0 Å². The predicted molar refractivity (Wildman–Crippen MR) is 49.9 cm³/mol. The summed E-state index contributed by atoms with van der Waals surface area (Å²) in [4.78, 5) is 0. The summed E-state index contributed by atoms with van der Waals surface area (Å²) in [5, 5.41) is 0. The van der Waals surface area contributed by atoms with E-state index >= 15 is 0 Å². The molecule has 10 heavy (non-hydrogen) atoms. The van der Waals surface area contributed by atoms with Gasteiger partial charge in [0.05, 0.1) is 0 Å². The summed E-state index contributed by atoms with van der Waals surface area (Å²) in [5.74, 6) is 0. The zero-order valence-electron chi connectivity index (χ0n) is 6.77.